The monoisotopic (exact) mass is 423 g/mol. The summed E-state index contributed by atoms with van der Waals surface area (Å²) in [7, 11) is 0. The Kier molecular flexibility index (Phi) is 10.6. The zero-order valence-electron chi connectivity index (χ0n) is 15.5. The fraction of sp³-hybridized carbons (Fsp3) is 0.455. The maximum absolute atomic E-state index is 4.44. The van der Waals surface area contributed by atoms with E-state index in [0.29, 0.717) is 5.92 Å². The van der Waals surface area contributed by atoms with Crippen LogP contribution in [0.1, 0.15) is 68.4 Å². The summed E-state index contributed by atoms with van der Waals surface area (Å²) in [6.45, 7) is 0. The lowest BCUT2D eigenvalue weighted by Crippen LogP contribution is -2.01. The molecule has 0 saturated carbocycles. The van der Waals surface area contributed by atoms with Gasteiger partial charge in [-0.05, 0) is 30.4 Å². The summed E-state index contributed by atoms with van der Waals surface area (Å²) in [5.74, 6) is 0.524. The first-order chi connectivity index (χ1) is 12.6. The Hall–Kier alpha value is -0.0800. The Bertz CT molecular complexity index is 556. The fourth-order valence-electron chi connectivity index (χ4n) is 3.45. The number of hydrogen-bond donors (Lipinski definition) is 3. The van der Waals surface area contributed by atoms with Gasteiger partial charge in [0.05, 0.1) is 6.16 Å². The number of unbranched alkanes of at least 4 members (excludes halogenated alkanes) is 6. The summed E-state index contributed by atoms with van der Waals surface area (Å²) in [6.07, 6.45) is 11.5. The molecule has 26 heavy (non-hydrogen) atoms. The predicted molar refractivity (Wildman–Crippen MR) is 130 cm³/mol. The van der Waals surface area contributed by atoms with Crippen molar-refractivity contribution in [3.8, 4) is 0 Å². The van der Waals surface area contributed by atoms with Gasteiger partial charge in [-0.1, -0.05) is 92.8 Å². The average molecular weight is 424 g/mol. The molecule has 0 radical (unpaired) electrons. The van der Waals surface area contributed by atoms with Crippen LogP contribution in [-0.4, -0.2) is 6.16 Å². The number of benzene rings is 2. The maximum Gasteiger partial charge on any atom is 0.180 e. The molecule has 0 bridgehead atoms. The lowest BCUT2D eigenvalue weighted by Gasteiger charge is -2.18. The molecule has 0 N–H and O–H groups in total. The largest absolute Gasteiger partial charge is 0.180 e. The molecule has 0 aromatic heterocycles. The van der Waals surface area contributed by atoms with E-state index in [2.05, 4.69) is 97.4 Å². The Balaban J connectivity index is 1.69. The quantitative estimate of drug-likeness (QED) is 0.170. The number of thiol groups is 3. The average Bonchev–Trinajstić information content (AvgIpc) is 2.64. The van der Waals surface area contributed by atoms with E-state index in [1.54, 1.807) is 0 Å². The first-order valence-corrected chi connectivity index (χ1v) is 15.2. The minimum absolute atomic E-state index is 0.524. The van der Waals surface area contributed by atoms with Crippen molar-refractivity contribution in [2.75, 3.05) is 6.16 Å². The minimum Gasteiger partial charge on any atom is -0.0622 e. The van der Waals surface area contributed by atoms with Gasteiger partial charge in [0.25, 0.3) is 0 Å². The van der Waals surface area contributed by atoms with Gasteiger partial charge in [0, 0.05) is 42.7 Å². The third-order valence-corrected chi connectivity index (χ3v) is 7.57. The highest BCUT2D eigenvalue weighted by Crippen LogP contribution is 2.72. The van der Waals surface area contributed by atoms with E-state index in [4.69, 9.17) is 0 Å². The molecule has 0 aliphatic carbocycles. The van der Waals surface area contributed by atoms with Crippen molar-refractivity contribution in [2.24, 2.45) is 0 Å². The Morgan fingerprint density at radius 2 is 1.00 bits per heavy atom. The Morgan fingerprint density at radius 3 is 1.46 bits per heavy atom. The van der Waals surface area contributed by atoms with Gasteiger partial charge < -0.3 is 0 Å². The van der Waals surface area contributed by atoms with Crippen LogP contribution in [0.25, 0.3) is 0 Å². The van der Waals surface area contributed by atoms with Gasteiger partial charge in [0.15, 0.2) is 4.87 Å². The van der Waals surface area contributed by atoms with Gasteiger partial charge in [-0.25, -0.2) is 0 Å². The summed E-state index contributed by atoms with van der Waals surface area (Å²) >= 11 is 13.3. The van der Waals surface area contributed by atoms with Crippen molar-refractivity contribution < 1.29 is 0 Å². The van der Waals surface area contributed by atoms with E-state index in [1.807, 2.05) is 0 Å². The fourth-order valence-corrected chi connectivity index (χ4v) is 5.37. The number of rotatable bonds is 12. The molecule has 0 nitrogen and oxygen atoms in total. The zero-order chi connectivity index (χ0) is 18.7. The standard InChI is InChI=1S/C22H32PS3/c24-23(25,26)19-13-5-3-1-2-4-12-18-22(20-14-8-6-9-15-20)21-16-10-7-11-17-21/h6-11,14-17,22,24-26H,1-5,12-13,18-19H2/q+1. The van der Waals surface area contributed by atoms with Gasteiger partial charge in [-0.3, -0.25) is 0 Å². The van der Waals surface area contributed by atoms with Crippen LogP contribution in [0.4, 0.5) is 0 Å². The SMILES string of the molecule is S[P+](S)(S)CCCCCCCCCC(c1ccccc1)c1ccccc1. The lowest BCUT2D eigenvalue weighted by molar-refractivity contribution is 0.559. The second-order valence-corrected chi connectivity index (χ2v) is 17.9. The van der Waals surface area contributed by atoms with E-state index < -0.39 is 4.87 Å². The molecule has 2 aromatic carbocycles. The molecule has 0 atom stereocenters. The van der Waals surface area contributed by atoms with Crippen LogP contribution in [0.2, 0.25) is 0 Å². The first-order valence-electron chi connectivity index (χ1n) is 9.72. The van der Waals surface area contributed by atoms with Crippen molar-refractivity contribution in [3.63, 3.8) is 0 Å². The molecule has 4 heteroatoms. The van der Waals surface area contributed by atoms with E-state index in [9.17, 15) is 0 Å². The summed E-state index contributed by atoms with van der Waals surface area (Å²) in [5.41, 5.74) is 2.88. The maximum atomic E-state index is 4.44. The molecule has 0 amide bonds. The molecule has 2 aromatic rings. The molecular formula is C22H32PS3+. The van der Waals surface area contributed by atoms with E-state index >= 15 is 0 Å². The molecular weight excluding hydrogens is 391 g/mol. The van der Waals surface area contributed by atoms with Gasteiger partial charge in [-0.15, -0.1) is 0 Å². The van der Waals surface area contributed by atoms with Crippen LogP contribution in [0.5, 0.6) is 0 Å². The topological polar surface area (TPSA) is 0 Å². The van der Waals surface area contributed by atoms with Crippen molar-refractivity contribution in [1.29, 1.82) is 0 Å². The Labute approximate surface area is 176 Å². The van der Waals surface area contributed by atoms with Gasteiger partial charge >= 0.3 is 0 Å². The molecule has 0 spiro atoms. The summed E-state index contributed by atoms with van der Waals surface area (Å²) < 4.78 is 0. The van der Waals surface area contributed by atoms with Crippen molar-refractivity contribution in [1.82, 2.24) is 0 Å². The molecule has 0 heterocycles. The highest BCUT2D eigenvalue weighted by Gasteiger charge is 2.22. The summed E-state index contributed by atoms with van der Waals surface area (Å²) in [6, 6.07) is 21.9. The Morgan fingerprint density at radius 1 is 0.577 bits per heavy atom. The van der Waals surface area contributed by atoms with Crippen LogP contribution in [0.3, 0.4) is 0 Å². The van der Waals surface area contributed by atoms with Gasteiger partial charge in [0.1, 0.15) is 0 Å². The molecule has 0 aliphatic rings. The van der Waals surface area contributed by atoms with E-state index in [-0.39, 0.29) is 0 Å². The molecule has 0 saturated heterocycles. The predicted octanol–water partition coefficient (Wildman–Crippen LogP) is 8.49. The van der Waals surface area contributed by atoms with Crippen LogP contribution in [0.15, 0.2) is 60.7 Å². The van der Waals surface area contributed by atoms with Crippen molar-refractivity contribution >= 4 is 41.6 Å². The summed E-state index contributed by atoms with van der Waals surface area (Å²) in [5, 5.41) is 0. The third-order valence-electron chi connectivity index (χ3n) is 4.85. The van der Waals surface area contributed by atoms with Crippen molar-refractivity contribution in [2.45, 2.75) is 57.3 Å². The smallest absolute Gasteiger partial charge is 0.0622 e. The summed E-state index contributed by atoms with van der Waals surface area (Å²) in [4.78, 5) is -1.47. The molecule has 142 valence electrons. The minimum atomic E-state index is -1.47. The van der Waals surface area contributed by atoms with Crippen molar-refractivity contribution in [3.05, 3.63) is 71.8 Å². The highest BCUT2D eigenvalue weighted by atomic mass is 33.4. The molecule has 0 aliphatic heterocycles. The third kappa shape index (κ3) is 9.22. The highest BCUT2D eigenvalue weighted by molar-refractivity contribution is 9.09. The molecule has 2 rings (SSSR count). The lowest BCUT2D eigenvalue weighted by atomic mass is 9.87. The van der Waals surface area contributed by atoms with Gasteiger partial charge in [0.2, 0.25) is 0 Å². The molecule has 0 unspecified atom stereocenters. The normalized spacial score (nSPS) is 11.8. The van der Waals surface area contributed by atoms with Crippen LogP contribution in [-0.2, 0) is 0 Å². The van der Waals surface area contributed by atoms with E-state index in [1.165, 1.54) is 62.5 Å². The van der Waals surface area contributed by atoms with Crippen LogP contribution >= 0.6 is 41.6 Å². The molecule has 0 fully saturated rings. The second-order valence-electron chi connectivity index (χ2n) is 7.05. The van der Waals surface area contributed by atoms with Crippen LogP contribution < -0.4 is 0 Å². The van der Waals surface area contributed by atoms with Gasteiger partial charge in [-0.2, -0.15) is 0 Å². The van der Waals surface area contributed by atoms with E-state index in [0.717, 1.165) is 6.16 Å². The van der Waals surface area contributed by atoms with Crippen LogP contribution in [0, 0.1) is 0 Å². The first kappa shape index (κ1) is 22.2. The number of hydrogen-bond acceptors (Lipinski definition) is 3. The zero-order valence-corrected chi connectivity index (χ0v) is 19.1. The second kappa shape index (κ2) is 12.4.